The lowest BCUT2D eigenvalue weighted by Crippen LogP contribution is -2.42. The van der Waals surface area contributed by atoms with Crippen LogP contribution in [0.15, 0.2) is 48.5 Å². The number of halogens is 1. The van der Waals surface area contributed by atoms with Crippen LogP contribution >= 0.6 is 11.6 Å². The van der Waals surface area contributed by atoms with Gasteiger partial charge in [-0.2, -0.15) is 0 Å². The van der Waals surface area contributed by atoms with Gasteiger partial charge in [0.15, 0.2) is 0 Å². The molecule has 0 radical (unpaired) electrons. The third-order valence-electron chi connectivity index (χ3n) is 3.31. The van der Waals surface area contributed by atoms with Gasteiger partial charge in [0.2, 0.25) is 0 Å². The fraction of sp³-hybridized carbons (Fsp3) is 0.167. The lowest BCUT2D eigenvalue weighted by molar-refractivity contribution is -0.139. The number of carboxylic acid groups (broad SMARTS) is 1. The highest BCUT2D eigenvalue weighted by Crippen LogP contribution is 2.14. The summed E-state index contributed by atoms with van der Waals surface area (Å²) in [6, 6.07) is 11.5. The molecular formula is C18H16ClNO5. The van der Waals surface area contributed by atoms with Gasteiger partial charge in [0.05, 0.1) is 0 Å². The number of hydrogen-bond donors (Lipinski definition) is 2. The molecule has 1 atom stereocenters. The Bertz CT molecular complexity index is 788. The number of carbonyl (C=O) groups is 3. The van der Waals surface area contributed by atoms with Crippen LogP contribution in [-0.2, 0) is 16.0 Å². The number of carboxylic acids is 1. The highest BCUT2D eigenvalue weighted by atomic mass is 35.5. The summed E-state index contributed by atoms with van der Waals surface area (Å²) in [5, 5.41) is 12.3. The topological polar surface area (TPSA) is 92.7 Å². The summed E-state index contributed by atoms with van der Waals surface area (Å²) in [7, 11) is 0. The first-order chi connectivity index (χ1) is 11.8. The molecule has 2 aromatic rings. The van der Waals surface area contributed by atoms with E-state index in [2.05, 4.69) is 5.32 Å². The van der Waals surface area contributed by atoms with Gasteiger partial charge < -0.3 is 15.2 Å². The summed E-state index contributed by atoms with van der Waals surface area (Å²) in [6.07, 6.45) is 0.104. The summed E-state index contributed by atoms with van der Waals surface area (Å²) in [5.41, 5.74) is 0.957. The smallest absolute Gasteiger partial charge is 0.326 e. The summed E-state index contributed by atoms with van der Waals surface area (Å²) in [6.45, 7) is 1.27. The summed E-state index contributed by atoms with van der Waals surface area (Å²) in [4.78, 5) is 34.5. The number of carbonyl (C=O) groups excluding carboxylic acids is 2. The lowest BCUT2D eigenvalue weighted by atomic mass is 10.1. The van der Waals surface area contributed by atoms with Crippen molar-refractivity contribution in [2.75, 3.05) is 0 Å². The maximum atomic E-state index is 12.2. The highest BCUT2D eigenvalue weighted by Gasteiger charge is 2.21. The number of nitrogens with one attached hydrogen (secondary N) is 1. The fourth-order valence-electron chi connectivity index (χ4n) is 2.18. The third-order valence-corrected chi connectivity index (χ3v) is 3.55. The van der Waals surface area contributed by atoms with Crippen molar-refractivity contribution in [3.05, 3.63) is 64.7 Å². The SMILES string of the molecule is CC(=O)Oc1ccc(C(=O)N[C@@H](Cc2cccc(Cl)c2)C(=O)O)cc1. The Kier molecular flexibility index (Phi) is 6.14. The van der Waals surface area contributed by atoms with Crippen molar-refractivity contribution < 1.29 is 24.2 Å². The standard InChI is InChI=1S/C18H16ClNO5/c1-11(21)25-15-7-5-13(6-8-15)17(22)20-16(18(23)24)10-12-3-2-4-14(19)9-12/h2-9,16H,10H2,1H3,(H,20,22)(H,23,24)/t16-/m0/s1. The minimum absolute atomic E-state index is 0.104. The zero-order valence-electron chi connectivity index (χ0n) is 13.4. The first-order valence-corrected chi connectivity index (χ1v) is 7.79. The second kappa shape index (κ2) is 8.30. The quantitative estimate of drug-likeness (QED) is 0.609. The molecule has 0 aliphatic carbocycles. The van der Waals surface area contributed by atoms with Crippen LogP contribution in [0.4, 0.5) is 0 Å². The van der Waals surface area contributed by atoms with Gasteiger partial charge in [-0.15, -0.1) is 0 Å². The largest absolute Gasteiger partial charge is 0.480 e. The highest BCUT2D eigenvalue weighted by molar-refractivity contribution is 6.30. The Hall–Kier alpha value is -2.86. The molecule has 0 fully saturated rings. The molecule has 7 heteroatoms. The number of hydrogen-bond acceptors (Lipinski definition) is 4. The summed E-state index contributed by atoms with van der Waals surface area (Å²) >= 11 is 5.89. The normalized spacial score (nSPS) is 11.4. The molecule has 0 aromatic heterocycles. The molecule has 2 aromatic carbocycles. The third kappa shape index (κ3) is 5.61. The minimum atomic E-state index is -1.15. The molecule has 2 N–H and O–H groups in total. The van der Waals surface area contributed by atoms with E-state index >= 15 is 0 Å². The molecule has 0 bridgehead atoms. The predicted molar refractivity (Wildman–Crippen MR) is 91.8 cm³/mol. The Morgan fingerprint density at radius 2 is 1.84 bits per heavy atom. The van der Waals surface area contributed by atoms with Gasteiger partial charge in [-0.25, -0.2) is 4.79 Å². The molecule has 25 heavy (non-hydrogen) atoms. The second-order valence-corrected chi connectivity index (χ2v) is 5.75. The van der Waals surface area contributed by atoms with Crippen molar-refractivity contribution in [3.8, 4) is 5.75 Å². The predicted octanol–water partition coefficient (Wildman–Crippen LogP) is 2.69. The number of rotatable bonds is 6. The summed E-state index contributed by atoms with van der Waals surface area (Å²) in [5.74, 6) is -1.85. The molecule has 0 spiro atoms. The molecule has 6 nitrogen and oxygen atoms in total. The van der Waals surface area contributed by atoms with Crippen molar-refractivity contribution in [1.82, 2.24) is 5.32 Å². The molecule has 0 saturated heterocycles. The summed E-state index contributed by atoms with van der Waals surface area (Å²) < 4.78 is 4.88. The van der Waals surface area contributed by atoms with Crippen LogP contribution in [0.2, 0.25) is 5.02 Å². The maximum absolute atomic E-state index is 12.2. The van der Waals surface area contributed by atoms with E-state index in [0.29, 0.717) is 16.3 Å². The molecule has 2 rings (SSSR count). The van der Waals surface area contributed by atoms with Gasteiger partial charge in [-0.1, -0.05) is 23.7 Å². The fourth-order valence-corrected chi connectivity index (χ4v) is 2.39. The van der Waals surface area contributed by atoms with Crippen LogP contribution in [0.1, 0.15) is 22.8 Å². The molecule has 0 aliphatic rings. The first-order valence-electron chi connectivity index (χ1n) is 7.42. The van der Waals surface area contributed by atoms with E-state index < -0.39 is 23.9 Å². The van der Waals surface area contributed by atoms with Gasteiger partial charge in [-0.3, -0.25) is 9.59 Å². The van der Waals surface area contributed by atoms with Crippen LogP contribution in [-0.4, -0.2) is 29.0 Å². The van der Waals surface area contributed by atoms with Gasteiger partial charge in [0.25, 0.3) is 5.91 Å². The molecule has 0 unspecified atom stereocenters. The van der Waals surface area contributed by atoms with Crippen LogP contribution < -0.4 is 10.1 Å². The van der Waals surface area contributed by atoms with Crippen molar-refractivity contribution in [3.63, 3.8) is 0 Å². The number of benzene rings is 2. The van der Waals surface area contributed by atoms with Gasteiger partial charge in [-0.05, 0) is 42.0 Å². The van der Waals surface area contributed by atoms with E-state index in [1.54, 1.807) is 24.3 Å². The Morgan fingerprint density at radius 3 is 2.40 bits per heavy atom. The van der Waals surface area contributed by atoms with E-state index in [4.69, 9.17) is 16.3 Å². The first kappa shape index (κ1) is 18.5. The van der Waals surface area contributed by atoms with E-state index in [1.165, 1.54) is 31.2 Å². The van der Waals surface area contributed by atoms with Crippen LogP contribution in [0.3, 0.4) is 0 Å². The monoisotopic (exact) mass is 361 g/mol. The molecule has 0 aliphatic heterocycles. The van der Waals surface area contributed by atoms with Crippen molar-refractivity contribution in [1.29, 1.82) is 0 Å². The Morgan fingerprint density at radius 1 is 1.16 bits per heavy atom. The molecule has 1 amide bonds. The van der Waals surface area contributed by atoms with Crippen LogP contribution in [0.25, 0.3) is 0 Å². The van der Waals surface area contributed by atoms with E-state index in [9.17, 15) is 19.5 Å². The van der Waals surface area contributed by atoms with Gasteiger partial charge in [0, 0.05) is 23.9 Å². The number of amides is 1. The minimum Gasteiger partial charge on any atom is -0.480 e. The second-order valence-electron chi connectivity index (χ2n) is 5.32. The number of ether oxygens (including phenoxy) is 1. The maximum Gasteiger partial charge on any atom is 0.326 e. The average Bonchev–Trinajstić information content (AvgIpc) is 2.54. The van der Waals surface area contributed by atoms with E-state index in [1.807, 2.05) is 0 Å². The lowest BCUT2D eigenvalue weighted by Gasteiger charge is -2.15. The Labute approximate surface area is 149 Å². The van der Waals surface area contributed by atoms with Crippen molar-refractivity contribution in [2.45, 2.75) is 19.4 Å². The zero-order valence-corrected chi connectivity index (χ0v) is 14.1. The molecule has 0 heterocycles. The van der Waals surface area contributed by atoms with Gasteiger partial charge >= 0.3 is 11.9 Å². The van der Waals surface area contributed by atoms with E-state index in [-0.39, 0.29) is 12.0 Å². The van der Waals surface area contributed by atoms with E-state index in [0.717, 1.165) is 0 Å². The van der Waals surface area contributed by atoms with Crippen molar-refractivity contribution in [2.24, 2.45) is 0 Å². The van der Waals surface area contributed by atoms with Crippen LogP contribution in [0, 0.1) is 0 Å². The Balaban J connectivity index is 2.07. The average molecular weight is 362 g/mol. The number of aliphatic carboxylic acids is 1. The number of esters is 1. The van der Waals surface area contributed by atoms with Gasteiger partial charge in [0.1, 0.15) is 11.8 Å². The molecule has 130 valence electrons. The van der Waals surface area contributed by atoms with Crippen LogP contribution in [0.5, 0.6) is 5.75 Å². The van der Waals surface area contributed by atoms with Crippen molar-refractivity contribution >= 4 is 29.4 Å². The zero-order chi connectivity index (χ0) is 18.4. The molecule has 0 saturated carbocycles. The molecular weight excluding hydrogens is 346 g/mol.